The number of aromatic carboxylic acids is 1. The first-order chi connectivity index (χ1) is 12.6. The third-order valence-corrected chi connectivity index (χ3v) is 4.50. The monoisotopic (exact) mass is 352 g/mol. The molecule has 1 aliphatic rings. The molecule has 6 nitrogen and oxygen atoms in total. The molecule has 26 heavy (non-hydrogen) atoms. The summed E-state index contributed by atoms with van der Waals surface area (Å²) in [4.78, 5) is 37.7. The first-order valence-electron chi connectivity index (χ1n) is 8.52. The van der Waals surface area contributed by atoms with E-state index in [1.54, 1.807) is 41.3 Å². The quantitative estimate of drug-likeness (QED) is 0.864. The van der Waals surface area contributed by atoms with Crippen LogP contribution in [0.5, 0.6) is 0 Å². The maximum absolute atomic E-state index is 12.6. The second-order valence-corrected chi connectivity index (χ2v) is 6.24. The summed E-state index contributed by atoms with van der Waals surface area (Å²) in [6.07, 6.45) is 1.44. The van der Waals surface area contributed by atoms with E-state index < -0.39 is 12.0 Å². The maximum Gasteiger partial charge on any atom is 0.335 e. The van der Waals surface area contributed by atoms with Crippen molar-refractivity contribution in [1.29, 1.82) is 0 Å². The fourth-order valence-corrected chi connectivity index (χ4v) is 3.10. The van der Waals surface area contributed by atoms with E-state index in [1.165, 1.54) is 12.1 Å². The maximum atomic E-state index is 12.6. The Morgan fingerprint density at radius 3 is 2.35 bits per heavy atom. The number of hydrogen-bond acceptors (Lipinski definition) is 3. The average molecular weight is 352 g/mol. The number of nitrogens with zero attached hydrogens (tertiary/aromatic N) is 1. The fourth-order valence-electron chi connectivity index (χ4n) is 3.10. The molecule has 134 valence electrons. The summed E-state index contributed by atoms with van der Waals surface area (Å²) in [7, 11) is 0. The van der Waals surface area contributed by atoms with Gasteiger partial charge in [-0.1, -0.05) is 30.3 Å². The Morgan fingerprint density at radius 1 is 1.00 bits per heavy atom. The Morgan fingerprint density at radius 2 is 1.69 bits per heavy atom. The predicted octanol–water partition coefficient (Wildman–Crippen LogP) is 2.31. The molecule has 1 fully saturated rings. The van der Waals surface area contributed by atoms with Gasteiger partial charge in [-0.05, 0) is 42.7 Å². The summed E-state index contributed by atoms with van der Waals surface area (Å²) in [6, 6.07) is 14.8. The number of likely N-dealkylation sites (tertiary alicyclic amines) is 1. The zero-order chi connectivity index (χ0) is 18.5. The Labute approximate surface area is 151 Å². The van der Waals surface area contributed by atoms with Gasteiger partial charge in [-0.15, -0.1) is 0 Å². The van der Waals surface area contributed by atoms with Crippen LogP contribution in [0.25, 0.3) is 0 Å². The summed E-state index contributed by atoms with van der Waals surface area (Å²) < 4.78 is 0. The van der Waals surface area contributed by atoms with Crippen molar-refractivity contribution in [3.63, 3.8) is 0 Å². The highest BCUT2D eigenvalue weighted by molar-refractivity contribution is 5.97. The van der Waals surface area contributed by atoms with Gasteiger partial charge in [-0.3, -0.25) is 9.59 Å². The van der Waals surface area contributed by atoms with Crippen LogP contribution in [0, 0.1) is 0 Å². The Bertz CT molecular complexity index is 802. The summed E-state index contributed by atoms with van der Waals surface area (Å²) >= 11 is 0. The lowest BCUT2D eigenvalue weighted by Crippen LogP contribution is -2.45. The smallest absolute Gasteiger partial charge is 0.335 e. The van der Waals surface area contributed by atoms with Crippen LogP contribution >= 0.6 is 0 Å². The van der Waals surface area contributed by atoms with Crippen LogP contribution in [0.4, 0.5) is 0 Å². The molecule has 0 aromatic heterocycles. The molecule has 1 unspecified atom stereocenters. The van der Waals surface area contributed by atoms with Crippen LogP contribution in [0.3, 0.4) is 0 Å². The zero-order valence-electron chi connectivity index (χ0n) is 14.2. The van der Waals surface area contributed by atoms with Gasteiger partial charge in [0, 0.05) is 18.7 Å². The fraction of sp³-hybridized carbons (Fsp3) is 0.250. The van der Waals surface area contributed by atoms with Crippen LogP contribution in [0.2, 0.25) is 0 Å². The highest BCUT2D eigenvalue weighted by Gasteiger charge is 2.34. The number of carbonyl (C=O) groups excluding carboxylic acids is 2. The first kappa shape index (κ1) is 17.7. The number of nitrogens with one attached hydrogen (secondary N) is 1. The van der Waals surface area contributed by atoms with Crippen molar-refractivity contribution < 1.29 is 19.5 Å². The van der Waals surface area contributed by atoms with E-state index in [2.05, 4.69) is 5.32 Å². The van der Waals surface area contributed by atoms with Gasteiger partial charge in [-0.25, -0.2) is 4.79 Å². The molecule has 2 N–H and O–H groups in total. The van der Waals surface area contributed by atoms with Crippen molar-refractivity contribution in [2.45, 2.75) is 25.4 Å². The first-order valence-corrected chi connectivity index (χ1v) is 8.52. The summed E-state index contributed by atoms with van der Waals surface area (Å²) in [5.74, 6) is -1.30. The summed E-state index contributed by atoms with van der Waals surface area (Å²) in [5, 5.41) is 11.8. The molecular formula is C20H20N2O4. The molecule has 2 amide bonds. The second-order valence-electron chi connectivity index (χ2n) is 6.24. The minimum Gasteiger partial charge on any atom is -0.478 e. The molecule has 1 heterocycles. The Hall–Kier alpha value is -3.15. The molecule has 0 saturated carbocycles. The molecule has 6 heteroatoms. The normalized spacial score (nSPS) is 16.3. The van der Waals surface area contributed by atoms with Crippen LogP contribution in [-0.4, -0.2) is 40.4 Å². The van der Waals surface area contributed by atoms with Crippen molar-refractivity contribution in [2.75, 3.05) is 6.54 Å². The van der Waals surface area contributed by atoms with E-state index in [9.17, 15) is 14.4 Å². The largest absolute Gasteiger partial charge is 0.478 e. The highest BCUT2D eigenvalue weighted by atomic mass is 16.4. The average Bonchev–Trinajstić information content (AvgIpc) is 3.16. The highest BCUT2D eigenvalue weighted by Crippen LogP contribution is 2.20. The SMILES string of the molecule is O=C(O)c1ccc(CNC(=O)C2CCCN2C(=O)c2ccccc2)cc1. The van der Waals surface area contributed by atoms with E-state index in [0.717, 1.165) is 12.0 Å². The van der Waals surface area contributed by atoms with Gasteiger partial charge in [0.05, 0.1) is 5.56 Å². The molecule has 3 rings (SSSR count). The lowest BCUT2D eigenvalue weighted by atomic mass is 10.1. The second kappa shape index (κ2) is 7.82. The zero-order valence-corrected chi connectivity index (χ0v) is 14.2. The number of amides is 2. The molecule has 1 saturated heterocycles. The molecule has 0 bridgehead atoms. The van der Waals surface area contributed by atoms with Crippen LogP contribution in [-0.2, 0) is 11.3 Å². The van der Waals surface area contributed by atoms with Crippen molar-refractivity contribution in [2.24, 2.45) is 0 Å². The Balaban J connectivity index is 1.61. The van der Waals surface area contributed by atoms with E-state index in [-0.39, 0.29) is 17.4 Å². The van der Waals surface area contributed by atoms with E-state index >= 15 is 0 Å². The molecule has 2 aromatic rings. The lowest BCUT2D eigenvalue weighted by Gasteiger charge is -2.24. The molecule has 0 radical (unpaired) electrons. The van der Waals surface area contributed by atoms with Gasteiger partial charge < -0.3 is 15.3 Å². The van der Waals surface area contributed by atoms with E-state index in [0.29, 0.717) is 25.1 Å². The molecular weight excluding hydrogens is 332 g/mol. The van der Waals surface area contributed by atoms with Crippen LogP contribution in [0.1, 0.15) is 39.1 Å². The van der Waals surface area contributed by atoms with Gasteiger partial charge in [0.15, 0.2) is 0 Å². The van der Waals surface area contributed by atoms with Crippen molar-refractivity contribution in [3.05, 3.63) is 71.3 Å². The number of carbonyl (C=O) groups is 3. The minimum atomic E-state index is -0.985. The van der Waals surface area contributed by atoms with Gasteiger partial charge >= 0.3 is 5.97 Å². The van der Waals surface area contributed by atoms with E-state index in [1.807, 2.05) is 6.07 Å². The predicted molar refractivity (Wildman–Crippen MR) is 95.7 cm³/mol. The molecule has 0 aliphatic carbocycles. The molecule has 1 atom stereocenters. The van der Waals surface area contributed by atoms with E-state index in [4.69, 9.17) is 5.11 Å². The standard InChI is InChI=1S/C20H20N2O4/c23-18(21-13-14-8-10-16(11-9-14)20(25)26)17-7-4-12-22(17)19(24)15-5-2-1-3-6-15/h1-3,5-6,8-11,17H,4,7,12-13H2,(H,21,23)(H,25,26). The Kier molecular flexibility index (Phi) is 5.31. The number of rotatable bonds is 5. The third kappa shape index (κ3) is 3.91. The van der Waals surface area contributed by atoms with Crippen molar-refractivity contribution in [3.8, 4) is 0 Å². The number of carboxylic acids is 1. The third-order valence-electron chi connectivity index (χ3n) is 4.50. The van der Waals surface area contributed by atoms with Gasteiger partial charge in [0.25, 0.3) is 5.91 Å². The van der Waals surface area contributed by atoms with Crippen molar-refractivity contribution >= 4 is 17.8 Å². The van der Waals surface area contributed by atoms with Gasteiger partial charge in [0.2, 0.25) is 5.91 Å². The number of carboxylic acid groups (broad SMARTS) is 1. The number of hydrogen-bond donors (Lipinski definition) is 2. The molecule has 1 aliphatic heterocycles. The topological polar surface area (TPSA) is 86.7 Å². The summed E-state index contributed by atoms with van der Waals surface area (Å²) in [5.41, 5.74) is 1.59. The molecule has 2 aromatic carbocycles. The lowest BCUT2D eigenvalue weighted by molar-refractivity contribution is -0.125. The number of benzene rings is 2. The van der Waals surface area contributed by atoms with Gasteiger partial charge in [0.1, 0.15) is 6.04 Å². The van der Waals surface area contributed by atoms with Crippen molar-refractivity contribution in [1.82, 2.24) is 10.2 Å². The minimum absolute atomic E-state index is 0.130. The molecule has 0 spiro atoms. The summed E-state index contributed by atoms with van der Waals surface area (Å²) in [6.45, 7) is 0.863. The van der Waals surface area contributed by atoms with Gasteiger partial charge in [-0.2, -0.15) is 0 Å². The van der Waals surface area contributed by atoms with Crippen LogP contribution in [0.15, 0.2) is 54.6 Å². The van der Waals surface area contributed by atoms with Crippen LogP contribution < -0.4 is 5.32 Å².